The number of quaternary nitrogens is 1. The fraction of sp³-hybridized carbons (Fsp3) is 0.522. The SMILES string of the molecule is CCc1ccc(NC(=S)N(CCC[NH+]2CCC(C)CC2)Cc2cccs2)cc1. The van der Waals surface area contributed by atoms with Gasteiger partial charge in [-0.15, -0.1) is 11.3 Å². The van der Waals surface area contributed by atoms with E-state index in [-0.39, 0.29) is 0 Å². The average Bonchev–Trinajstić information content (AvgIpc) is 3.22. The average molecular weight is 417 g/mol. The van der Waals surface area contributed by atoms with Gasteiger partial charge in [-0.3, -0.25) is 0 Å². The van der Waals surface area contributed by atoms with Crippen LogP contribution in [0.1, 0.15) is 43.6 Å². The first-order valence-electron chi connectivity index (χ1n) is 10.6. The van der Waals surface area contributed by atoms with Crippen LogP contribution in [0.3, 0.4) is 0 Å². The number of anilines is 1. The molecule has 1 aromatic carbocycles. The van der Waals surface area contributed by atoms with Gasteiger partial charge in [-0.05, 0) is 66.5 Å². The van der Waals surface area contributed by atoms with Gasteiger partial charge in [-0.2, -0.15) is 0 Å². The summed E-state index contributed by atoms with van der Waals surface area (Å²) in [5.41, 5.74) is 2.43. The molecule has 0 bridgehead atoms. The normalized spacial score (nSPS) is 19.4. The van der Waals surface area contributed by atoms with Crippen LogP contribution in [0.2, 0.25) is 0 Å². The highest BCUT2D eigenvalue weighted by molar-refractivity contribution is 7.80. The molecule has 1 aliphatic rings. The number of hydrogen-bond acceptors (Lipinski definition) is 2. The Morgan fingerprint density at radius 3 is 2.61 bits per heavy atom. The maximum Gasteiger partial charge on any atom is 0.173 e. The van der Waals surface area contributed by atoms with E-state index in [1.54, 1.807) is 4.90 Å². The third-order valence-electron chi connectivity index (χ3n) is 5.77. The van der Waals surface area contributed by atoms with Gasteiger partial charge in [0.05, 0.1) is 26.2 Å². The third-order valence-corrected chi connectivity index (χ3v) is 6.99. The van der Waals surface area contributed by atoms with Gasteiger partial charge in [0.1, 0.15) is 0 Å². The van der Waals surface area contributed by atoms with Gasteiger partial charge in [0.15, 0.2) is 5.11 Å². The molecule has 0 aliphatic carbocycles. The number of thiophene rings is 1. The number of benzene rings is 1. The van der Waals surface area contributed by atoms with Crippen molar-refractivity contribution in [2.24, 2.45) is 5.92 Å². The molecule has 1 saturated heterocycles. The van der Waals surface area contributed by atoms with Gasteiger partial charge in [-0.1, -0.05) is 32.0 Å². The van der Waals surface area contributed by atoms with Gasteiger partial charge in [0.25, 0.3) is 0 Å². The van der Waals surface area contributed by atoms with Crippen LogP contribution in [0.5, 0.6) is 0 Å². The Morgan fingerprint density at radius 2 is 1.96 bits per heavy atom. The summed E-state index contributed by atoms with van der Waals surface area (Å²) in [5.74, 6) is 0.912. The second-order valence-corrected chi connectivity index (χ2v) is 9.44. The van der Waals surface area contributed by atoms with Crippen molar-refractivity contribution in [1.82, 2.24) is 4.90 Å². The second-order valence-electron chi connectivity index (χ2n) is 8.02. The van der Waals surface area contributed by atoms with Gasteiger partial charge >= 0.3 is 0 Å². The van der Waals surface area contributed by atoms with Crippen molar-refractivity contribution in [2.45, 2.75) is 46.1 Å². The Kier molecular flexibility index (Phi) is 8.31. The number of nitrogens with zero attached hydrogens (tertiary/aromatic N) is 1. The Hall–Kier alpha value is -1.43. The molecule has 3 rings (SSSR count). The van der Waals surface area contributed by atoms with Crippen LogP contribution in [0, 0.1) is 5.92 Å². The molecule has 2 heterocycles. The lowest BCUT2D eigenvalue weighted by molar-refractivity contribution is -0.906. The highest BCUT2D eigenvalue weighted by atomic mass is 32.1. The summed E-state index contributed by atoms with van der Waals surface area (Å²) in [6, 6.07) is 12.9. The standard InChI is InChI=1S/C23H33N3S2/c1-3-20-7-9-21(10-8-20)24-23(27)26(18-22-6-4-17-28-22)14-5-13-25-15-11-19(2)12-16-25/h4,6-10,17,19H,3,5,11-16,18H2,1-2H3,(H,24,27)/p+1. The number of aryl methyl sites for hydroxylation is 1. The van der Waals surface area contributed by atoms with Gasteiger partial charge in [-0.25, -0.2) is 0 Å². The molecular weight excluding hydrogens is 382 g/mol. The van der Waals surface area contributed by atoms with Crippen LogP contribution in [-0.2, 0) is 13.0 Å². The molecule has 3 nitrogen and oxygen atoms in total. The maximum absolute atomic E-state index is 5.79. The summed E-state index contributed by atoms with van der Waals surface area (Å²) in [4.78, 5) is 5.47. The van der Waals surface area contributed by atoms with E-state index in [0.29, 0.717) is 0 Å². The minimum atomic E-state index is 0.833. The van der Waals surface area contributed by atoms with E-state index < -0.39 is 0 Å². The van der Waals surface area contributed by atoms with Crippen LogP contribution >= 0.6 is 23.6 Å². The summed E-state index contributed by atoms with van der Waals surface area (Å²) in [5, 5.41) is 6.43. The lowest BCUT2D eigenvalue weighted by Gasteiger charge is -2.29. The lowest BCUT2D eigenvalue weighted by atomic mass is 9.99. The van der Waals surface area contributed by atoms with E-state index in [1.165, 1.54) is 49.3 Å². The zero-order chi connectivity index (χ0) is 19.8. The van der Waals surface area contributed by atoms with E-state index in [9.17, 15) is 0 Å². The highest BCUT2D eigenvalue weighted by Gasteiger charge is 2.19. The van der Waals surface area contributed by atoms with Crippen molar-refractivity contribution in [2.75, 3.05) is 31.5 Å². The maximum atomic E-state index is 5.79. The van der Waals surface area contributed by atoms with Crippen molar-refractivity contribution in [3.63, 3.8) is 0 Å². The van der Waals surface area contributed by atoms with Gasteiger partial charge in [0, 0.05) is 23.5 Å². The minimum absolute atomic E-state index is 0.833. The molecule has 1 aromatic heterocycles. The van der Waals surface area contributed by atoms with Crippen LogP contribution in [0.15, 0.2) is 41.8 Å². The summed E-state index contributed by atoms with van der Waals surface area (Å²) in [6.07, 6.45) is 5.00. The van der Waals surface area contributed by atoms with Crippen molar-refractivity contribution in [3.8, 4) is 0 Å². The molecule has 28 heavy (non-hydrogen) atoms. The number of hydrogen-bond donors (Lipinski definition) is 2. The molecule has 2 N–H and O–H groups in total. The smallest absolute Gasteiger partial charge is 0.173 e. The lowest BCUT2D eigenvalue weighted by Crippen LogP contribution is -3.13. The first-order valence-corrected chi connectivity index (χ1v) is 11.9. The van der Waals surface area contributed by atoms with E-state index in [4.69, 9.17) is 12.2 Å². The summed E-state index contributed by atoms with van der Waals surface area (Å²) >= 11 is 7.60. The van der Waals surface area contributed by atoms with E-state index in [0.717, 1.165) is 36.2 Å². The van der Waals surface area contributed by atoms with Crippen LogP contribution in [-0.4, -0.2) is 36.2 Å². The van der Waals surface area contributed by atoms with Gasteiger partial charge < -0.3 is 15.1 Å². The summed E-state index contributed by atoms with van der Waals surface area (Å²) in [6.45, 7) is 10.4. The molecule has 2 aromatic rings. The zero-order valence-electron chi connectivity index (χ0n) is 17.2. The molecule has 0 saturated carbocycles. The fourth-order valence-corrected chi connectivity index (χ4v) is 4.80. The number of likely N-dealkylation sites (tertiary alicyclic amines) is 1. The summed E-state index contributed by atoms with van der Waals surface area (Å²) in [7, 11) is 0. The van der Waals surface area contributed by atoms with E-state index in [1.807, 2.05) is 11.3 Å². The molecule has 1 fully saturated rings. The van der Waals surface area contributed by atoms with Crippen LogP contribution in [0.4, 0.5) is 5.69 Å². The third kappa shape index (κ3) is 6.57. The first-order chi connectivity index (χ1) is 13.6. The molecule has 0 unspecified atom stereocenters. The topological polar surface area (TPSA) is 19.7 Å². The zero-order valence-corrected chi connectivity index (χ0v) is 18.9. The summed E-state index contributed by atoms with van der Waals surface area (Å²) < 4.78 is 0. The quantitative estimate of drug-likeness (QED) is 0.629. The first kappa shape index (κ1) is 21.3. The largest absolute Gasteiger partial charge is 0.344 e. The highest BCUT2D eigenvalue weighted by Crippen LogP contribution is 2.15. The fourth-order valence-electron chi connectivity index (χ4n) is 3.81. The predicted molar refractivity (Wildman–Crippen MR) is 125 cm³/mol. The number of rotatable bonds is 8. The van der Waals surface area contributed by atoms with Crippen molar-refractivity contribution in [1.29, 1.82) is 0 Å². The molecule has 0 radical (unpaired) electrons. The van der Waals surface area contributed by atoms with Crippen LogP contribution in [0.25, 0.3) is 0 Å². The molecular formula is C23H34N3S2+. The molecule has 0 amide bonds. The number of piperidine rings is 1. The number of nitrogens with one attached hydrogen (secondary N) is 2. The van der Waals surface area contributed by atoms with Crippen molar-refractivity contribution < 1.29 is 4.90 Å². The second kappa shape index (κ2) is 10.9. The molecule has 1 aliphatic heterocycles. The van der Waals surface area contributed by atoms with Crippen molar-refractivity contribution >= 4 is 34.4 Å². The van der Waals surface area contributed by atoms with Gasteiger partial charge in [0.2, 0.25) is 0 Å². The van der Waals surface area contributed by atoms with E-state index >= 15 is 0 Å². The van der Waals surface area contributed by atoms with Crippen LogP contribution < -0.4 is 10.2 Å². The molecule has 0 spiro atoms. The monoisotopic (exact) mass is 416 g/mol. The van der Waals surface area contributed by atoms with E-state index in [2.05, 4.69) is 65.8 Å². The Balaban J connectivity index is 1.55. The molecule has 5 heteroatoms. The van der Waals surface area contributed by atoms with Crippen molar-refractivity contribution in [3.05, 3.63) is 52.2 Å². The Labute approximate surface area is 179 Å². The Morgan fingerprint density at radius 1 is 1.21 bits per heavy atom. The molecule has 152 valence electrons. The Bertz CT molecular complexity index is 704. The molecule has 0 atom stereocenters. The minimum Gasteiger partial charge on any atom is -0.344 e. The number of thiocarbonyl (C=S) groups is 1. The predicted octanol–water partition coefficient (Wildman–Crippen LogP) is 4.21.